The van der Waals surface area contributed by atoms with Gasteiger partial charge in [-0.25, -0.2) is 4.79 Å². The van der Waals surface area contributed by atoms with Crippen molar-refractivity contribution < 1.29 is 19.3 Å². The fourth-order valence-electron chi connectivity index (χ4n) is 3.25. The summed E-state index contributed by atoms with van der Waals surface area (Å²) in [5.41, 5.74) is 0.349. The Balaban J connectivity index is 2.33. The lowest BCUT2D eigenvalue weighted by Gasteiger charge is -2.48. The van der Waals surface area contributed by atoms with Crippen LogP contribution in [0, 0.1) is 16.0 Å². The second-order valence-electron chi connectivity index (χ2n) is 8.90. The fraction of sp³-hybridized carbons (Fsp3) is 0.667. The van der Waals surface area contributed by atoms with E-state index in [1.54, 1.807) is 6.07 Å². The van der Waals surface area contributed by atoms with Crippen molar-refractivity contribution in [1.29, 1.82) is 0 Å². The van der Waals surface area contributed by atoms with Gasteiger partial charge in [0.25, 0.3) is 0 Å². The number of anilines is 1. The largest absolute Gasteiger partial charge is 0.465 e. The average Bonchev–Trinajstić information content (AvgIpc) is 2.56. The lowest BCUT2D eigenvalue weighted by molar-refractivity contribution is -0.384. The lowest BCUT2D eigenvalue weighted by atomic mass is 9.92. The number of nitro groups is 1. The highest BCUT2D eigenvalue weighted by molar-refractivity contribution is 6.74. The molecule has 10 heteroatoms. The standard InChI is InChI=1S/C18H30N4O5Si/c1-12-10-21(14-7-8-19-9-15(14)22(25)26)11-13(20-17(23)24)16(12)27-28(5,6)18(2,3)4/h7-9,12-13,16,20H,10-11H2,1-6H3,(H,23,24)/t12-,13+,16-/m0/s1. The Bertz CT molecular complexity index is 737. The number of carboxylic acid groups (broad SMARTS) is 1. The number of amides is 1. The van der Waals surface area contributed by atoms with Gasteiger partial charge in [-0.2, -0.15) is 0 Å². The number of rotatable bonds is 5. The van der Waals surface area contributed by atoms with Crippen molar-refractivity contribution in [1.82, 2.24) is 10.3 Å². The number of hydrogen-bond acceptors (Lipinski definition) is 6. The fourth-order valence-corrected chi connectivity index (χ4v) is 4.68. The summed E-state index contributed by atoms with van der Waals surface area (Å²) in [5.74, 6) is -0.0208. The molecular weight excluding hydrogens is 380 g/mol. The summed E-state index contributed by atoms with van der Waals surface area (Å²) in [6, 6.07) is 1.10. The van der Waals surface area contributed by atoms with Crippen LogP contribution in [0.1, 0.15) is 27.7 Å². The molecule has 1 amide bonds. The molecule has 2 N–H and O–H groups in total. The second kappa shape index (κ2) is 8.04. The minimum atomic E-state index is -2.13. The Hall–Kier alpha value is -2.20. The predicted octanol–water partition coefficient (Wildman–Crippen LogP) is 3.47. The van der Waals surface area contributed by atoms with Gasteiger partial charge in [0.15, 0.2) is 8.32 Å². The van der Waals surface area contributed by atoms with Crippen LogP contribution < -0.4 is 10.2 Å². The summed E-state index contributed by atoms with van der Waals surface area (Å²) < 4.78 is 6.57. The molecule has 0 bridgehead atoms. The minimum Gasteiger partial charge on any atom is -0.465 e. The molecule has 3 atom stereocenters. The molecule has 1 saturated heterocycles. The quantitative estimate of drug-likeness (QED) is 0.433. The van der Waals surface area contributed by atoms with Crippen molar-refractivity contribution in [3.63, 3.8) is 0 Å². The van der Waals surface area contributed by atoms with Gasteiger partial charge in [0.1, 0.15) is 11.9 Å². The molecule has 0 aliphatic carbocycles. The van der Waals surface area contributed by atoms with E-state index >= 15 is 0 Å². The zero-order chi connectivity index (χ0) is 21.3. The third-order valence-electron chi connectivity index (χ3n) is 5.74. The van der Waals surface area contributed by atoms with Crippen LogP contribution in [0.15, 0.2) is 18.5 Å². The van der Waals surface area contributed by atoms with Gasteiger partial charge in [-0.1, -0.05) is 27.7 Å². The van der Waals surface area contributed by atoms with E-state index in [4.69, 9.17) is 4.43 Å². The summed E-state index contributed by atoms with van der Waals surface area (Å²) in [6.07, 6.45) is 1.30. The third-order valence-corrected chi connectivity index (χ3v) is 10.2. The van der Waals surface area contributed by atoms with Crippen molar-refractivity contribution in [3.8, 4) is 0 Å². The molecule has 1 aromatic heterocycles. The molecule has 9 nitrogen and oxygen atoms in total. The molecule has 0 radical (unpaired) electrons. The highest BCUT2D eigenvalue weighted by Crippen LogP contribution is 2.40. The Morgan fingerprint density at radius 3 is 2.61 bits per heavy atom. The Kier molecular flexibility index (Phi) is 6.34. The molecule has 1 aromatic rings. The first-order valence-electron chi connectivity index (χ1n) is 9.34. The van der Waals surface area contributed by atoms with Gasteiger partial charge in [0.05, 0.1) is 17.1 Å². The van der Waals surface area contributed by atoms with Crippen molar-refractivity contribution in [2.75, 3.05) is 18.0 Å². The van der Waals surface area contributed by atoms with Gasteiger partial charge >= 0.3 is 11.8 Å². The van der Waals surface area contributed by atoms with Crippen LogP contribution in [0.3, 0.4) is 0 Å². The smallest absolute Gasteiger partial charge is 0.405 e. The van der Waals surface area contributed by atoms with Gasteiger partial charge in [-0.15, -0.1) is 0 Å². The SMILES string of the molecule is C[C@H]1CN(c2ccncc2[N+](=O)[O-])C[C@@H](NC(=O)O)[C@H]1O[Si](C)(C)C(C)(C)C. The Morgan fingerprint density at radius 2 is 2.07 bits per heavy atom. The van der Waals surface area contributed by atoms with Crippen LogP contribution in [0.25, 0.3) is 0 Å². The molecule has 1 aliphatic rings. The topological polar surface area (TPSA) is 118 Å². The minimum absolute atomic E-state index is 0.0124. The van der Waals surface area contributed by atoms with Gasteiger partial charge in [0.2, 0.25) is 0 Å². The van der Waals surface area contributed by atoms with Crippen LogP contribution in [-0.4, -0.2) is 54.7 Å². The molecule has 2 rings (SSSR count). The molecule has 2 heterocycles. The maximum absolute atomic E-state index is 11.4. The number of nitrogens with one attached hydrogen (secondary N) is 1. The Morgan fingerprint density at radius 1 is 1.43 bits per heavy atom. The van der Waals surface area contributed by atoms with Crippen molar-refractivity contribution in [2.45, 2.75) is 58.0 Å². The molecular formula is C18H30N4O5Si. The highest BCUT2D eigenvalue weighted by atomic mass is 28.4. The summed E-state index contributed by atoms with van der Waals surface area (Å²) in [6.45, 7) is 13.5. The van der Waals surface area contributed by atoms with E-state index in [9.17, 15) is 20.0 Å². The van der Waals surface area contributed by atoms with E-state index in [1.165, 1.54) is 12.4 Å². The van der Waals surface area contributed by atoms with Crippen LogP contribution in [-0.2, 0) is 4.43 Å². The van der Waals surface area contributed by atoms with E-state index < -0.39 is 25.4 Å². The summed E-state index contributed by atoms with van der Waals surface area (Å²) >= 11 is 0. The molecule has 156 valence electrons. The number of nitrogens with zero attached hydrogens (tertiary/aromatic N) is 3. The first kappa shape index (κ1) is 22.1. The van der Waals surface area contributed by atoms with E-state index in [0.29, 0.717) is 18.8 Å². The first-order valence-corrected chi connectivity index (χ1v) is 12.2. The summed E-state index contributed by atoms with van der Waals surface area (Å²) in [7, 11) is -2.13. The molecule has 1 fully saturated rings. The number of carbonyl (C=O) groups is 1. The van der Waals surface area contributed by atoms with Gasteiger partial charge < -0.3 is 19.7 Å². The van der Waals surface area contributed by atoms with E-state index in [0.717, 1.165) is 0 Å². The maximum atomic E-state index is 11.4. The normalized spacial score (nSPS) is 23.4. The van der Waals surface area contributed by atoms with Gasteiger partial charge in [0, 0.05) is 25.2 Å². The van der Waals surface area contributed by atoms with Crippen molar-refractivity contribution in [3.05, 3.63) is 28.6 Å². The van der Waals surface area contributed by atoms with E-state index in [-0.39, 0.29) is 22.7 Å². The molecule has 28 heavy (non-hydrogen) atoms. The molecule has 0 saturated carbocycles. The maximum Gasteiger partial charge on any atom is 0.405 e. The lowest BCUT2D eigenvalue weighted by Crippen LogP contribution is -2.62. The van der Waals surface area contributed by atoms with Crippen LogP contribution in [0.2, 0.25) is 18.1 Å². The molecule has 0 aromatic carbocycles. The van der Waals surface area contributed by atoms with Gasteiger partial charge in [-0.3, -0.25) is 15.1 Å². The monoisotopic (exact) mass is 410 g/mol. The predicted molar refractivity (Wildman–Crippen MR) is 109 cm³/mol. The van der Waals surface area contributed by atoms with Crippen LogP contribution in [0.5, 0.6) is 0 Å². The first-order chi connectivity index (χ1) is 12.8. The highest BCUT2D eigenvalue weighted by Gasteiger charge is 2.45. The van der Waals surface area contributed by atoms with Gasteiger partial charge in [-0.05, 0) is 24.2 Å². The number of pyridine rings is 1. The number of piperidine rings is 1. The second-order valence-corrected chi connectivity index (χ2v) is 13.7. The molecule has 1 aliphatic heterocycles. The van der Waals surface area contributed by atoms with E-state index in [1.807, 2.05) is 11.8 Å². The zero-order valence-corrected chi connectivity index (χ0v) is 18.3. The molecule has 0 spiro atoms. The van der Waals surface area contributed by atoms with Crippen molar-refractivity contribution >= 4 is 25.8 Å². The third kappa shape index (κ3) is 4.79. The van der Waals surface area contributed by atoms with E-state index in [2.05, 4.69) is 44.2 Å². The number of aromatic nitrogens is 1. The zero-order valence-electron chi connectivity index (χ0n) is 17.3. The summed E-state index contributed by atoms with van der Waals surface area (Å²) in [4.78, 5) is 28.0. The number of hydrogen-bond donors (Lipinski definition) is 2. The van der Waals surface area contributed by atoms with Crippen molar-refractivity contribution in [2.24, 2.45) is 5.92 Å². The molecule has 0 unspecified atom stereocenters. The van der Waals surface area contributed by atoms with Crippen LogP contribution >= 0.6 is 0 Å². The Labute approximate surface area is 166 Å². The average molecular weight is 411 g/mol. The van der Waals surface area contributed by atoms with Crippen LogP contribution in [0.4, 0.5) is 16.2 Å². The summed E-state index contributed by atoms with van der Waals surface area (Å²) in [5, 5.41) is 23.3.